The Morgan fingerprint density at radius 1 is 0.854 bits per heavy atom. The first-order valence-electron chi connectivity index (χ1n) is 16.1. The topological polar surface area (TPSA) is 81.7 Å². The Hall–Kier alpha value is -0.770. The van der Waals surface area contributed by atoms with Gasteiger partial charge in [0.15, 0.2) is 0 Å². The van der Waals surface area contributed by atoms with Gasteiger partial charge in [0.25, 0.3) is 0 Å². The van der Waals surface area contributed by atoms with E-state index in [0.29, 0.717) is 68.2 Å². The number of rotatable bonds is 14. The summed E-state index contributed by atoms with van der Waals surface area (Å²) in [5.74, 6) is 3.10. The van der Waals surface area contributed by atoms with Crippen LogP contribution in [0.2, 0.25) is 0 Å². The number of hydrogen-bond donors (Lipinski definition) is 0. The van der Waals surface area contributed by atoms with E-state index < -0.39 is 0 Å². The Bertz CT molecular complexity index is 838. The van der Waals surface area contributed by atoms with E-state index >= 15 is 0 Å². The molecule has 4 aliphatic carbocycles. The van der Waals surface area contributed by atoms with E-state index in [0.717, 1.165) is 44.9 Å². The second-order valence-corrected chi connectivity index (χ2v) is 13.9. The van der Waals surface area contributed by atoms with E-state index in [1.54, 1.807) is 21.3 Å². The standard InChI is InChI=1S/C33H58O8/c1-9-23-26-16-22(39-18-35-5)14-15-32(26,3)27-17-28(40-19-36-6)33(4)24(21(2)10-13-29(34)38-8)11-12-25(33)30(27)31(23)41-20-37-7/h21-28,30-31H,9-20H2,1-8H3/t21-,22-,23-,24-,25?,26+,27?,28+,30?,31-,32+,33-/m1/s1. The Labute approximate surface area is 248 Å². The van der Waals surface area contributed by atoms with Gasteiger partial charge in [-0.2, -0.15) is 0 Å². The van der Waals surface area contributed by atoms with Crippen LogP contribution < -0.4 is 0 Å². The van der Waals surface area contributed by atoms with Crippen LogP contribution in [0.25, 0.3) is 0 Å². The summed E-state index contributed by atoms with van der Waals surface area (Å²) in [7, 11) is 6.63. The van der Waals surface area contributed by atoms with Gasteiger partial charge in [-0.15, -0.1) is 0 Å². The summed E-state index contributed by atoms with van der Waals surface area (Å²) in [5.41, 5.74) is 0.167. The summed E-state index contributed by atoms with van der Waals surface area (Å²) in [6.07, 6.45) is 9.46. The molecule has 0 aliphatic heterocycles. The summed E-state index contributed by atoms with van der Waals surface area (Å²) >= 11 is 0. The average molecular weight is 583 g/mol. The van der Waals surface area contributed by atoms with Crippen LogP contribution >= 0.6 is 0 Å². The maximum Gasteiger partial charge on any atom is 0.305 e. The molecule has 0 saturated heterocycles. The fourth-order valence-corrected chi connectivity index (χ4v) is 10.6. The van der Waals surface area contributed by atoms with Crippen LogP contribution in [-0.2, 0) is 38.0 Å². The highest BCUT2D eigenvalue weighted by Gasteiger charge is 2.68. The van der Waals surface area contributed by atoms with E-state index in [9.17, 15) is 4.79 Å². The minimum absolute atomic E-state index is 0.0236. The van der Waals surface area contributed by atoms with E-state index in [-0.39, 0.29) is 35.1 Å². The first-order valence-corrected chi connectivity index (χ1v) is 16.1. The molecule has 8 nitrogen and oxygen atoms in total. The molecule has 8 heteroatoms. The molecule has 12 atom stereocenters. The predicted octanol–water partition coefficient (Wildman–Crippen LogP) is 6.06. The molecule has 0 spiro atoms. The van der Waals surface area contributed by atoms with Gasteiger partial charge in [-0.3, -0.25) is 4.79 Å². The smallest absolute Gasteiger partial charge is 0.305 e. The molecule has 4 fully saturated rings. The van der Waals surface area contributed by atoms with Crippen LogP contribution in [0.5, 0.6) is 0 Å². The summed E-state index contributed by atoms with van der Waals surface area (Å²) in [6, 6.07) is 0. The Kier molecular flexibility index (Phi) is 11.6. The minimum Gasteiger partial charge on any atom is -0.469 e. The Balaban J connectivity index is 1.71. The van der Waals surface area contributed by atoms with Crippen LogP contribution in [0.4, 0.5) is 0 Å². The lowest BCUT2D eigenvalue weighted by atomic mass is 9.40. The Morgan fingerprint density at radius 3 is 2.20 bits per heavy atom. The predicted molar refractivity (Wildman–Crippen MR) is 156 cm³/mol. The highest BCUT2D eigenvalue weighted by atomic mass is 16.7. The first-order chi connectivity index (χ1) is 19.7. The molecule has 3 unspecified atom stereocenters. The lowest BCUT2D eigenvalue weighted by Gasteiger charge is -2.66. The third-order valence-electron chi connectivity index (χ3n) is 12.4. The molecule has 4 rings (SSSR count). The number of carbonyl (C=O) groups excluding carboxylic acids is 1. The number of carbonyl (C=O) groups is 1. The van der Waals surface area contributed by atoms with Crippen molar-refractivity contribution in [1.82, 2.24) is 0 Å². The molecule has 0 bridgehead atoms. The van der Waals surface area contributed by atoms with Crippen molar-refractivity contribution in [2.45, 2.75) is 104 Å². The van der Waals surface area contributed by atoms with E-state index in [2.05, 4.69) is 27.7 Å². The molecule has 0 amide bonds. The summed E-state index contributed by atoms with van der Waals surface area (Å²) in [5, 5.41) is 0. The second-order valence-electron chi connectivity index (χ2n) is 13.9. The fourth-order valence-electron chi connectivity index (χ4n) is 10.6. The molecule has 0 N–H and O–H groups in total. The molecule has 4 saturated carbocycles. The van der Waals surface area contributed by atoms with Gasteiger partial charge in [0.05, 0.1) is 25.4 Å². The minimum atomic E-state index is -0.123. The van der Waals surface area contributed by atoms with Crippen molar-refractivity contribution in [2.75, 3.05) is 48.8 Å². The zero-order chi connectivity index (χ0) is 29.8. The average Bonchev–Trinajstić information content (AvgIpc) is 3.34. The van der Waals surface area contributed by atoms with Crippen molar-refractivity contribution < 1.29 is 38.0 Å². The molecule has 0 aromatic carbocycles. The maximum absolute atomic E-state index is 12.0. The molecule has 0 radical (unpaired) electrons. The number of hydrogen-bond acceptors (Lipinski definition) is 8. The van der Waals surface area contributed by atoms with Gasteiger partial charge in [0, 0.05) is 33.2 Å². The first kappa shape index (κ1) is 33.1. The van der Waals surface area contributed by atoms with Gasteiger partial charge in [-0.05, 0) is 91.8 Å². The van der Waals surface area contributed by atoms with Gasteiger partial charge < -0.3 is 33.2 Å². The number of fused-ring (bicyclic) bond motifs is 5. The molecule has 238 valence electrons. The van der Waals surface area contributed by atoms with Crippen LogP contribution in [-0.4, -0.2) is 73.1 Å². The third-order valence-corrected chi connectivity index (χ3v) is 12.4. The van der Waals surface area contributed by atoms with Gasteiger partial charge >= 0.3 is 5.97 Å². The second kappa shape index (κ2) is 14.3. The summed E-state index contributed by atoms with van der Waals surface area (Å²) in [6.45, 7) is 10.7. The van der Waals surface area contributed by atoms with Crippen molar-refractivity contribution >= 4 is 5.97 Å². The van der Waals surface area contributed by atoms with E-state index in [1.165, 1.54) is 13.5 Å². The highest BCUT2D eigenvalue weighted by molar-refractivity contribution is 5.69. The van der Waals surface area contributed by atoms with Crippen LogP contribution in [0.1, 0.15) is 85.5 Å². The van der Waals surface area contributed by atoms with Crippen molar-refractivity contribution in [2.24, 2.45) is 52.3 Å². The normalized spacial score (nSPS) is 42.7. The lowest BCUT2D eigenvalue weighted by Crippen LogP contribution is -2.66. The largest absolute Gasteiger partial charge is 0.469 e. The van der Waals surface area contributed by atoms with Gasteiger partial charge in [-0.1, -0.05) is 34.1 Å². The highest BCUT2D eigenvalue weighted by Crippen LogP contribution is 2.70. The van der Waals surface area contributed by atoms with E-state index in [1.807, 2.05) is 0 Å². The molecule has 4 aliphatic rings. The van der Waals surface area contributed by atoms with Crippen molar-refractivity contribution in [3.05, 3.63) is 0 Å². The zero-order valence-electron chi connectivity index (χ0n) is 27.0. The summed E-state index contributed by atoms with van der Waals surface area (Å²) in [4.78, 5) is 12.0. The molecule has 0 heterocycles. The number of ether oxygens (including phenoxy) is 7. The lowest BCUT2D eigenvalue weighted by molar-refractivity contribution is -0.267. The summed E-state index contributed by atoms with van der Waals surface area (Å²) < 4.78 is 40.9. The van der Waals surface area contributed by atoms with Crippen LogP contribution in [0, 0.1) is 52.3 Å². The third kappa shape index (κ3) is 6.26. The van der Waals surface area contributed by atoms with Crippen molar-refractivity contribution in [1.29, 1.82) is 0 Å². The van der Waals surface area contributed by atoms with Gasteiger partial charge in [0.2, 0.25) is 0 Å². The molecule has 41 heavy (non-hydrogen) atoms. The quantitative estimate of drug-likeness (QED) is 0.181. The van der Waals surface area contributed by atoms with E-state index in [4.69, 9.17) is 33.2 Å². The molecular weight excluding hydrogens is 524 g/mol. The Morgan fingerprint density at radius 2 is 1.54 bits per heavy atom. The SMILES string of the molecule is CC[C@H]1[C@@H](OCOC)C2C3CC[C@H]([C@H](C)CCC(=O)OC)[C@@]3(C)[C@@H](OCOC)CC2[C@@]2(C)CC[C@@H](OCOC)C[C@@H]12. The molecule has 0 aromatic heterocycles. The van der Waals surface area contributed by atoms with Crippen molar-refractivity contribution in [3.8, 4) is 0 Å². The zero-order valence-corrected chi connectivity index (χ0v) is 27.0. The number of methoxy groups -OCH3 is 4. The van der Waals surface area contributed by atoms with Gasteiger partial charge in [-0.25, -0.2) is 0 Å². The van der Waals surface area contributed by atoms with Crippen molar-refractivity contribution in [3.63, 3.8) is 0 Å². The fraction of sp³-hybridized carbons (Fsp3) is 0.970. The van der Waals surface area contributed by atoms with Gasteiger partial charge in [0.1, 0.15) is 20.4 Å². The van der Waals surface area contributed by atoms with Crippen LogP contribution in [0.3, 0.4) is 0 Å². The number of esters is 1. The molecule has 0 aromatic rings. The maximum atomic E-state index is 12.0. The molecular formula is C33H58O8. The monoisotopic (exact) mass is 582 g/mol. The van der Waals surface area contributed by atoms with Crippen LogP contribution in [0.15, 0.2) is 0 Å².